The molecule has 1 heterocycles. The average molecular weight is 458 g/mol. The first-order valence-corrected chi connectivity index (χ1v) is 10.8. The van der Waals surface area contributed by atoms with Crippen molar-refractivity contribution in [2.45, 2.75) is 12.1 Å². The summed E-state index contributed by atoms with van der Waals surface area (Å²) in [5, 5.41) is 17.4. The summed E-state index contributed by atoms with van der Waals surface area (Å²) in [6, 6.07) is 24.5. The first kappa shape index (κ1) is 22.3. The molecule has 1 aliphatic heterocycles. The van der Waals surface area contributed by atoms with Gasteiger partial charge in [0.05, 0.1) is 32.4 Å². The molecule has 166 valence electrons. The first-order chi connectivity index (χ1) is 16.0. The molecule has 0 radical (unpaired) electrons. The molecular weight excluding hydrogens is 434 g/mol. The molecule has 0 amide bonds. The molecule has 0 saturated carbocycles. The standard InChI is InChI=1S/C26H23N3O3S/c1-31-20-12-8-17(9-13-20)22-26(16-27,24(30)19-6-4-3-5-7-19)23(29-25(33)28-22)18-10-14-21(32-2)15-11-18/h3-15,22-23H,1-2H3,(H2,28,29,33)/t22-,23+,26?. The van der Waals surface area contributed by atoms with Crippen molar-refractivity contribution in [2.24, 2.45) is 5.41 Å². The zero-order valence-corrected chi connectivity index (χ0v) is 19.1. The van der Waals surface area contributed by atoms with E-state index in [1.54, 1.807) is 62.8 Å². The Balaban J connectivity index is 1.92. The molecule has 6 nitrogen and oxygen atoms in total. The first-order valence-electron chi connectivity index (χ1n) is 10.4. The monoisotopic (exact) mass is 457 g/mol. The molecular formula is C26H23N3O3S. The number of rotatable bonds is 6. The van der Waals surface area contributed by atoms with Gasteiger partial charge in [-0.2, -0.15) is 5.26 Å². The maximum Gasteiger partial charge on any atom is 0.188 e. The Hall–Kier alpha value is -3.89. The molecule has 1 aliphatic rings. The normalized spacial score (nSPS) is 21.8. The summed E-state index contributed by atoms with van der Waals surface area (Å²) in [4.78, 5) is 14.1. The van der Waals surface area contributed by atoms with Gasteiger partial charge in [0.15, 0.2) is 16.3 Å². The van der Waals surface area contributed by atoms with Crippen LogP contribution in [0.15, 0.2) is 78.9 Å². The van der Waals surface area contributed by atoms with Gasteiger partial charge in [-0.3, -0.25) is 4.79 Å². The van der Waals surface area contributed by atoms with Crippen LogP contribution in [0.25, 0.3) is 0 Å². The van der Waals surface area contributed by atoms with Crippen molar-refractivity contribution in [1.29, 1.82) is 5.26 Å². The topological polar surface area (TPSA) is 83.4 Å². The number of thiocarbonyl (C=S) groups is 1. The van der Waals surface area contributed by atoms with E-state index in [1.165, 1.54) is 0 Å². The lowest BCUT2D eigenvalue weighted by molar-refractivity contribution is 0.0740. The number of benzene rings is 3. The molecule has 1 fully saturated rings. The third-order valence-corrected chi connectivity index (χ3v) is 6.19. The molecule has 1 unspecified atom stereocenters. The van der Waals surface area contributed by atoms with Crippen LogP contribution in [0.4, 0.5) is 0 Å². The lowest BCUT2D eigenvalue weighted by atomic mass is 9.65. The highest BCUT2D eigenvalue weighted by Gasteiger charge is 2.56. The molecule has 1 saturated heterocycles. The van der Waals surface area contributed by atoms with E-state index < -0.39 is 17.5 Å². The van der Waals surface area contributed by atoms with Crippen LogP contribution in [-0.4, -0.2) is 25.1 Å². The lowest BCUT2D eigenvalue weighted by Gasteiger charge is -2.46. The third-order valence-electron chi connectivity index (χ3n) is 5.96. The molecule has 3 atom stereocenters. The third kappa shape index (κ3) is 4.01. The van der Waals surface area contributed by atoms with Gasteiger partial charge in [0, 0.05) is 5.56 Å². The Morgan fingerprint density at radius 3 is 1.70 bits per heavy atom. The van der Waals surface area contributed by atoms with Crippen molar-refractivity contribution in [2.75, 3.05) is 14.2 Å². The quantitative estimate of drug-likeness (QED) is 0.420. The minimum atomic E-state index is -1.53. The Morgan fingerprint density at radius 2 is 1.30 bits per heavy atom. The average Bonchev–Trinajstić information content (AvgIpc) is 2.88. The molecule has 3 aromatic rings. The second kappa shape index (κ2) is 9.31. The van der Waals surface area contributed by atoms with Crippen LogP contribution < -0.4 is 20.1 Å². The fourth-order valence-corrected chi connectivity index (χ4v) is 4.49. The van der Waals surface area contributed by atoms with Crippen molar-refractivity contribution in [3.05, 3.63) is 95.6 Å². The van der Waals surface area contributed by atoms with Gasteiger partial charge < -0.3 is 20.1 Å². The predicted molar refractivity (Wildman–Crippen MR) is 129 cm³/mol. The molecule has 0 bridgehead atoms. The maximum absolute atomic E-state index is 14.1. The number of ketones is 1. The van der Waals surface area contributed by atoms with Gasteiger partial charge in [-0.05, 0) is 47.6 Å². The number of hydrogen-bond donors (Lipinski definition) is 2. The van der Waals surface area contributed by atoms with Crippen LogP contribution in [0.1, 0.15) is 33.6 Å². The van der Waals surface area contributed by atoms with Crippen LogP contribution >= 0.6 is 12.2 Å². The van der Waals surface area contributed by atoms with Gasteiger partial charge in [-0.25, -0.2) is 0 Å². The van der Waals surface area contributed by atoms with Crippen molar-refractivity contribution < 1.29 is 14.3 Å². The second-order valence-electron chi connectivity index (χ2n) is 7.71. The largest absolute Gasteiger partial charge is 0.497 e. The number of ether oxygens (including phenoxy) is 2. The summed E-state index contributed by atoms with van der Waals surface area (Å²) < 4.78 is 10.6. The maximum atomic E-state index is 14.1. The number of nitriles is 1. The van der Waals surface area contributed by atoms with E-state index in [4.69, 9.17) is 21.7 Å². The summed E-state index contributed by atoms with van der Waals surface area (Å²) in [7, 11) is 3.18. The summed E-state index contributed by atoms with van der Waals surface area (Å²) in [5.41, 5.74) is 0.424. The fraction of sp³-hybridized carbons (Fsp3) is 0.192. The van der Waals surface area contributed by atoms with E-state index in [9.17, 15) is 10.1 Å². The van der Waals surface area contributed by atoms with E-state index >= 15 is 0 Å². The van der Waals surface area contributed by atoms with Crippen LogP contribution in [-0.2, 0) is 0 Å². The SMILES string of the molecule is COc1ccc([C@H]2NC(=S)N[C@@H](c3ccc(OC)cc3)C2(C#N)C(=O)c2ccccc2)cc1. The van der Waals surface area contributed by atoms with Crippen LogP contribution in [0.3, 0.4) is 0 Å². The molecule has 4 rings (SSSR count). The number of Topliss-reactive ketones (excluding diaryl/α,β-unsaturated/α-hetero) is 1. The van der Waals surface area contributed by atoms with Crippen LogP contribution in [0.2, 0.25) is 0 Å². The van der Waals surface area contributed by atoms with Gasteiger partial charge in [0.2, 0.25) is 0 Å². The van der Waals surface area contributed by atoms with Crippen molar-refractivity contribution in [1.82, 2.24) is 10.6 Å². The fourth-order valence-electron chi connectivity index (χ4n) is 4.25. The van der Waals surface area contributed by atoms with E-state index in [-0.39, 0.29) is 5.78 Å². The van der Waals surface area contributed by atoms with Gasteiger partial charge >= 0.3 is 0 Å². The number of hydrogen-bond acceptors (Lipinski definition) is 5. The van der Waals surface area contributed by atoms with E-state index in [2.05, 4.69) is 16.7 Å². The summed E-state index contributed by atoms with van der Waals surface area (Å²) in [5.74, 6) is 1.06. The van der Waals surface area contributed by atoms with Crippen LogP contribution in [0, 0.1) is 16.7 Å². The van der Waals surface area contributed by atoms with E-state index in [0.717, 1.165) is 11.1 Å². The lowest BCUT2D eigenvalue weighted by Crippen LogP contribution is -2.60. The van der Waals surface area contributed by atoms with Gasteiger partial charge in [0.25, 0.3) is 0 Å². The molecule has 7 heteroatoms. The minimum absolute atomic E-state index is 0.297. The Morgan fingerprint density at radius 1 is 0.848 bits per heavy atom. The molecule has 0 aliphatic carbocycles. The van der Waals surface area contributed by atoms with Crippen LogP contribution in [0.5, 0.6) is 11.5 Å². The number of nitrogens with one attached hydrogen (secondary N) is 2. The second-order valence-corrected chi connectivity index (χ2v) is 8.11. The zero-order chi connectivity index (χ0) is 23.4. The molecule has 0 spiro atoms. The zero-order valence-electron chi connectivity index (χ0n) is 18.2. The Labute approximate surface area is 198 Å². The molecule has 2 N–H and O–H groups in total. The number of carbonyl (C=O) groups is 1. The van der Waals surface area contributed by atoms with Crippen molar-refractivity contribution in [3.8, 4) is 17.6 Å². The van der Waals surface area contributed by atoms with Gasteiger partial charge in [-0.1, -0.05) is 54.6 Å². The molecule has 33 heavy (non-hydrogen) atoms. The van der Waals surface area contributed by atoms with Gasteiger partial charge in [0.1, 0.15) is 11.5 Å². The summed E-state index contributed by atoms with van der Waals surface area (Å²) in [6.07, 6.45) is 0. The highest BCUT2D eigenvalue weighted by Crippen LogP contribution is 2.49. The van der Waals surface area contributed by atoms with Crippen molar-refractivity contribution >= 4 is 23.1 Å². The van der Waals surface area contributed by atoms with Gasteiger partial charge in [-0.15, -0.1) is 0 Å². The number of methoxy groups -OCH3 is 2. The molecule has 3 aromatic carbocycles. The van der Waals surface area contributed by atoms with E-state index in [1.807, 2.05) is 30.3 Å². The Bertz CT molecular complexity index is 1130. The smallest absolute Gasteiger partial charge is 0.188 e. The highest BCUT2D eigenvalue weighted by atomic mass is 32.1. The van der Waals surface area contributed by atoms with Crippen molar-refractivity contribution in [3.63, 3.8) is 0 Å². The Kier molecular flexibility index (Phi) is 6.29. The summed E-state index contributed by atoms with van der Waals surface area (Å²) in [6.45, 7) is 0. The predicted octanol–water partition coefficient (Wildman–Crippen LogP) is 4.36. The number of carbonyl (C=O) groups excluding carboxylic acids is 1. The molecule has 0 aromatic heterocycles. The minimum Gasteiger partial charge on any atom is -0.497 e. The highest BCUT2D eigenvalue weighted by molar-refractivity contribution is 7.80. The number of nitrogens with zero attached hydrogens (tertiary/aromatic N) is 1. The van der Waals surface area contributed by atoms with E-state index in [0.29, 0.717) is 22.2 Å². The summed E-state index contributed by atoms with van der Waals surface area (Å²) >= 11 is 5.52.